The summed E-state index contributed by atoms with van der Waals surface area (Å²) in [6, 6.07) is 0.409. The first-order chi connectivity index (χ1) is 16.7. The molecule has 0 radical (unpaired) electrons. The van der Waals surface area contributed by atoms with Crippen LogP contribution in [-0.2, 0) is 28.2 Å². The molecule has 1 aliphatic rings. The summed E-state index contributed by atoms with van der Waals surface area (Å²) < 4.78 is 45.6. The topological polar surface area (TPSA) is 158 Å². The molecular weight excluding hydrogens is 498 g/mol. The van der Waals surface area contributed by atoms with Gasteiger partial charge in [-0.25, -0.2) is 14.3 Å². The zero-order valence-electron chi connectivity index (χ0n) is 21.4. The summed E-state index contributed by atoms with van der Waals surface area (Å²) in [5, 5.41) is 15.0. The number of nitrogens with one attached hydrogen (secondary N) is 2. The molecule has 1 aromatic heterocycles. The van der Waals surface area contributed by atoms with E-state index in [9.17, 15) is 24.1 Å². The first-order valence-corrected chi connectivity index (χ1v) is 13.8. The van der Waals surface area contributed by atoms with E-state index in [2.05, 4.69) is 15.4 Å². The molecule has 2 rings (SSSR count). The number of amides is 1. The Kier molecular flexibility index (Phi) is 10.3. The fourth-order valence-corrected chi connectivity index (χ4v) is 4.92. The normalized spacial score (nSPS) is 26.4. The molecule has 1 aliphatic heterocycles. The average Bonchev–Trinajstić information content (AvgIpc) is 3.02. The smallest absolute Gasteiger partial charge is 0.351 e. The van der Waals surface area contributed by atoms with Crippen molar-refractivity contribution in [3.05, 3.63) is 22.7 Å². The van der Waals surface area contributed by atoms with Gasteiger partial charge in [0.05, 0.1) is 30.8 Å². The molecule has 6 atom stereocenters. The van der Waals surface area contributed by atoms with Crippen LogP contribution < -0.4 is 16.1 Å². The highest BCUT2D eigenvalue weighted by atomic mass is 31.2. The summed E-state index contributed by atoms with van der Waals surface area (Å²) >= 11 is 0. The number of hydrogen-bond acceptors (Lipinski definition) is 9. The van der Waals surface area contributed by atoms with E-state index in [1.165, 1.54) is 32.8 Å². The van der Waals surface area contributed by atoms with Gasteiger partial charge in [0.15, 0.2) is 12.4 Å². The second-order valence-corrected chi connectivity index (χ2v) is 11.6. The molecule has 0 spiro atoms. The minimum Gasteiger partial charge on any atom is -0.462 e. The van der Waals surface area contributed by atoms with Crippen molar-refractivity contribution in [3.63, 3.8) is 0 Å². The number of nitrogens with zero attached hydrogens (tertiary/aromatic N) is 2. The van der Waals surface area contributed by atoms with Gasteiger partial charge in [0, 0.05) is 19.3 Å². The van der Waals surface area contributed by atoms with E-state index in [4.69, 9.17) is 14.0 Å². The highest BCUT2D eigenvalue weighted by molar-refractivity contribution is 7.56. The zero-order chi connectivity index (χ0) is 27.3. The molecule has 0 aromatic carbocycles. The van der Waals surface area contributed by atoms with E-state index in [0.717, 1.165) is 4.57 Å². The van der Waals surface area contributed by atoms with Crippen LogP contribution in [0.3, 0.4) is 0 Å². The van der Waals surface area contributed by atoms with Crippen LogP contribution in [0.5, 0.6) is 0 Å². The number of alkyl halides is 1. The number of aliphatic hydroxyl groups excluding tert-OH is 1. The Morgan fingerprint density at radius 2 is 2.06 bits per heavy atom. The number of hydrogen-bond donors (Lipinski definition) is 3. The first-order valence-electron chi connectivity index (χ1n) is 11.7. The molecule has 0 aliphatic carbocycles. The standard InChI is InChI=1S/C22H36FN4O8P/c1-7-8-17(29)24-16-9-10-27(21(31)25-16)19-18(23)22(5,12-28)15(35-19)11-33-36(6,32)26-14(4)20(30)34-13(2)3/h9-10,13-15,18-19,28H,7-8,11-12H2,1-6H3,(H,26,32)(H,24,25,29,31)/t14-,15+,18-,19+,22?,36?/m0/s1. The first kappa shape index (κ1) is 30.0. The maximum Gasteiger partial charge on any atom is 0.351 e. The fourth-order valence-electron chi connectivity index (χ4n) is 3.62. The van der Waals surface area contributed by atoms with E-state index in [-0.39, 0.29) is 24.2 Å². The Labute approximate surface area is 209 Å². The largest absolute Gasteiger partial charge is 0.462 e. The number of halogens is 1. The van der Waals surface area contributed by atoms with Gasteiger partial charge in [-0.15, -0.1) is 0 Å². The van der Waals surface area contributed by atoms with Gasteiger partial charge in [0.25, 0.3) is 7.52 Å². The quantitative estimate of drug-likeness (QED) is 0.267. The molecule has 2 heterocycles. The molecular formula is C22H36FN4O8P. The minimum absolute atomic E-state index is 0.0241. The number of rotatable bonds is 12. The highest BCUT2D eigenvalue weighted by Crippen LogP contribution is 2.47. The summed E-state index contributed by atoms with van der Waals surface area (Å²) in [7, 11) is -3.57. The lowest BCUT2D eigenvalue weighted by Crippen LogP contribution is -2.42. The minimum atomic E-state index is -3.57. The molecule has 3 N–H and O–H groups in total. The molecule has 14 heteroatoms. The monoisotopic (exact) mass is 534 g/mol. The third kappa shape index (κ3) is 7.42. The maximum atomic E-state index is 15.5. The second kappa shape index (κ2) is 12.4. The maximum absolute atomic E-state index is 15.5. The van der Waals surface area contributed by atoms with E-state index < -0.39 is 62.4 Å². The molecule has 1 saturated heterocycles. The van der Waals surface area contributed by atoms with E-state index in [1.807, 2.05) is 6.92 Å². The molecule has 0 saturated carbocycles. The van der Waals surface area contributed by atoms with E-state index in [0.29, 0.717) is 6.42 Å². The number of carbonyl (C=O) groups is 2. The van der Waals surface area contributed by atoms with E-state index >= 15 is 4.39 Å². The number of carbonyl (C=O) groups excluding carboxylic acids is 2. The Morgan fingerprint density at radius 1 is 1.39 bits per heavy atom. The van der Waals surface area contributed by atoms with Crippen LogP contribution in [-0.4, -0.2) is 70.8 Å². The van der Waals surface area contributed by atoms with Gasteiger partial charge in [0.1, 0.15) is 11.9 Å². The van der Waals surface area contributed by atoms with E-state index in [1.54, 1.807) is 13.8 Å². The lowest BCUT2D eigenvalue weighted by atomic mass is 9.82. The van der Waals surface area contributed by atoms with Crippen molar-refractivity contribution in [1.82, 2.24) is 14.6 Å². The predicted molar refractivity (Wildman–Crippen MR) is 129 cm³/mol. The van der Waals surface area contributed by atoms with Crippen LogP contribution in [0.2, 0.25) is 0 Å². The van der Waals surface area contributed by atoms with Crippen molar-refractivity contribution in [2.24, 2.45) is 5.41 Å². The summed E-state index contributed by atoms with van der Waals surface area (Å²) in [6.07, 6.45) is -2.62. The van der Waals surface area contributed by atoms with Gasteiger partial charge in [-0.05, 0) is 33.3 Å². The average molecular weight is 535 g/mol. The Balaban J connectivity index is 2.13. The van der Waals surface area contributed by atoms with Crippen molar-refractivity contribution in [2.75, 3.05) is 25.2 Å². The van der Waals surface area contributed by atoms with Crippen LogP contribution in [0.15, 0.2) is 17.1 Å². The van der Waals surface area contributed by atoms with Gasteiger partial charge >= 0.3 is 11.7 Å². The molecule has 12 nitrogen and oxygen atoms in total. The predicted octanol–water partition coefficient (Wildman–Crippen LogP) is 1.99. The second-order valence-electron chi connectivity index (χ2n) is 9.36. The number of esters is 1. The van der Waals surface area contributed by atoms with Crippen molar-refractivity contribution < 1.29 is 37.6 Å². The van der Waals surface area contributed by atoms with Crippen LogP contribution in [0.4, 0.5) is 10.2 Å². The van der Waals surface area contributed by atoms with Gasteiger partial charge in [0.2, 0.25) is 5.91 Å². The van der Waals surface area contributed by atoms with Crippen LogP contribution in [0.1, 0.15) is 53.7 Å². The molecule has 0 bridgehead atoms. The lowest BCUT2D eigenvalue weighted by molar-refractivity contribution is -0.149. The number of aromatic nitrogens is 2. The van der Waals surface area contributed by atoms with Crippen molar-refractivity contribution >= 4 is 25.2 Å². The number of aliphatic hydroxyl groups is 1. The third-order valence-electron chi connectivity index (χ3n) is 5.71. The zero-order valence-corrected chi connectivity index (χ0v) is 22.3. The summed E-state index contributed by atoms with van der Waals surface area (Å²) in [6.45, 7) is 8.29. The molecule has 1 amide bonds. The van der Waals surface area contributed by atoms with Crippen LogP contribution >= 0.6 is 7.52 Å². The Hall–Kier alpha value is -2.18. The summed E-state index contributed by atoms with van der Waals surface area (Å²) in [5.41, 5.74) is -2.36. The Bertz CT molecular complexity index is 1040. The molecule has 36 heavy (non-hydrogen) atoms. The third-order valence-corrected chi connectivity index (χ3v) is 7.21. The highest BCUT2D eigenvalue weighted by Gasteiger charge is 2.55. The van der Waals surface area contributed by atoms with Gasteiger partial charge in [-0.3, -0.25) is 18.7 Å². The molecule has 1 aromatic rings. The number of ether oxygens (including phenoxy) is 2. The molecule has 204 valence electrons. The lowest BCUT2D eigenvalue weighted by Gasteiger charge is -2.30. The molecule has 2 unspecified atom stereocenters. The van der Waals surface area contributed by atoms with Gasteiger partial charge in [-0.1, -0.05) is 13.8 Å². The van der Waals surface area contributed by atoms with Crippen molar-refractivity contribution in [2.45, 2.75) is 78.1 Å². The fraction of sp³-hybridized carbons (Fsp3) is 0.727. The Morgan fingerprint density at radius 3 is 2.61 bits per heavy atom. The van der Waals surface area contributed by atoms with Crippen molar-refractivity contribution in [3.8, 4) is 0 Å². The SMILES string of the molecule is CCCC(=O)Nc1ccn([C@@H]2O[C@H](COP(C)(=O)N[C@@H](C)C(=O)OC(C)C)C(C)(CO)[C@H]2F)c(=O)n1. The summed E-state index contributed by atoms with van der Waals surface area (Å²) in [4.78, 5) is 40.1. The van der Waals surface area contributed by atoms with Crippen LogP contribution in [0.25, 0.3) is 0 Å². The molecule has 1 fully saturated rings. The summed E-state index contributed by atoms with van der Waals surface area (Å²) in [5.74, 6) is -0.897. The van der Waals surface area contributed by atoms with Gasteiger partial charge in [-0.2, -0.15) is 4.98 Å². The van der Waals surface area contributed by atoms with Gasteiger partial charge < -0.3 is 24.4 Å². The van der Waals surface area contributed by atoms with Crippen LogP contribution in [0, 0.1) is 5.41 Å². The number of anilines is 1. The van der Waals surface area contributed by atoms with Crippen molar-refractivity contribution in [1.29, 1.82) is 0 Å².